The predicted molar refractivity (Wildman–Crippen MR) is 78.3 cm³/mol. The van der Waals surface area contributed by atoms with Crippen LogP contribution in [0.4, 0.5) is 0 Å². The molecule has 2 aromatic rings. The van der Waals surface area contributed by atoms with Crippen molar-refractivity contribution >= 4 is 17.8 Å². The number of halogens is 1. The molecule has 104 valence electrons. The molecule has 4 nitrogen and oxygen atoms in total. The topological polar surface area (TPSA) is 51.1 Å². The lowest BCUT2D eigenvalue weighted by Gasteiger charge is -2.08. The van der Waals surface area contributed by atoms with E-state index in [1.807, 2.05) is 18.2 Å². The van der Waals surface area contributed by atoms with Crippen LogP contribution in [0.15, 0.2) is 53.7 Å². The van der Waals surface area contributed by atoms with Gasteiger partial charge in [-0.25, -0.2) is 0 Å². The van der Waals surface area contributed by atoms with Gasteiger partial charge in [0.15, 0.2) is 0 Å². The van der Waals surface area contributed by atoms with Crippen LogP contribution in [0, 0.1) is 0 Å². The summed E-state index contributed by atoms with van der Waals surface area (Å²) in [6.07, 6.45) is 1.34. The van der Waals surface area contributed by atoms with Gasteiger partial charge in [0.1, 0.15) is 24.7 Å². The molecular formula is C15H14ClNO3. The second kappa shape index (κ2) is 7.40. The van der Waals surface area contributed by atoms with E-state index in [0.29, 0.717) is 24.0 Å². The van der Waals surface area contributed by atoms with E-state index < -0.39 is 0 Å². The predicted octanol–water partition coefficient (Wildman–Crippen LogP) is 3.61. The summed E-state index contributed by atoms with van der Waals surface area (Å²) in [5.41, 5.74) is 0.767. The molecule has 0 saturated carbocycles. The van der Waals surface area contributed by atoms with Crippen molar-refractivity contribution in [3.05, 3.63) is 59.1 Å². The molecule has 0 heterocycles. The average Bonchev–Trinajstić information content (AvgIpc) is 2.46. The Morgan fingerprint density at radius 3 is 2.40 bits per heavy atom. The monoisotopic (exact) mass is 291 g/mol. The van der Waals surface area contributed by atoms with Gasteiger partial charge in [-0.1, -0.05) is 28.9 Å². The maximum Gasteiger partial charge on any atom is 0.122 e. The Morgan fingerprint density at radius 1 is 1.00 bits per heavy atom. The lowest BCUT2D eigenvalue weighted by molar-refractivity contribution is 0.217. The first-order valence-electron chi connectivity index (χ1n) is 6.06. The maximum absolute atomic E-state index is 8.47. The number of hydrogen-bond acceptors (Lipinski definition) is 4. The van der Waals surface area contributed by atoms with Crippen LogP contribution in [0.5, 0.6) is 11.5 Å². The number of benzene rings is 2. The fourth-order valence-electron chi connectivity index (χ4n) is 1.60. The third-order valence-electron chi connectivity index (χ3n) is 2.50. The molecule has 0 aliphatic rings. The highest BCUT2D eigenvalue weighted by atomic mass is 35.5. The number of oxime groups is 1. The summed E-state index contributed by atoms with van der Waals surface area (Å²) < 4.78 is 11.1. The number of ether oxygens (including phenoxy) is 2. The minimum absolute atomic E-state index is 0.419. The molecule has 0 amide bonds. The second-order valence-electron chi connectivity index (χ2n) is 3.97. The van der Waals surface area contributed by atoms with Crippen LogP contribution in [-0.4, -0.2) is 24.6 Å². The quantitative estimate of drug-likeness (QED) is 0.383. The fourth-order valence-corrected chi connectivity index (χ4v) is 1.73. The van der Waals surface area contributed by atoms with Gasteiger partial charge in [-0.05, 0) is 42.0 Å². The first kappa shape index (κ1) is 14.2. The standard InChI is InChI=1S/C15H14ClNO3/c16-13-4-6-14(7-5-13)19-8-9-20-15-3-1-2-12(10-15)11-17-18/h1-7,10-11,18H,8-9H2. The third kappa shape index (κ3) is 4.48. The van der Waals surface area contributed by atoms with E-state index in [-0.39, 0.29) is 0 Å². The highest BCUT2D eigenvalue weighted by molar-refractivity contribution is 6.30. The molecular weight excluding hydrogens is 278 g/mol. The molecule has 0 saturated heterocycles. The van der Waals surface area contributed by atoms with Gasteiger partial charge in [0.2, 0.25) is 0 Å². The van der Waals surface area contributed by atoms with Crippen molar-refractivity contribution in [3.8, 4) is 11.5 Å². The minimum Gasteiger partial charge on any atom is -0.490 e. The van der Waals surface area contributed by atoms with Crippen LogP contribution in [0.3, 0.4) is 0 Å². The molecule has 0 bridgehead atoms. The highest BCUT2D eigenvalue weighted by Crippen LogP contribution is 2.16. The Morgan fingerprint density at radius 2 is 1.70 bits per heavy atom. The van der Waals surface area contributed by atoms with Gasteiger partial charge in [-0.2, -0.15) is 0 Å². The number of rotatable bonds is 6. The molecule has 0 spiro atoms. The molecule has 0 aliphatic heterocycles. The summed E-state index contributed by atoms with van der Waals surface area (Å²) in [5.74, 6) is 1.45. The van der Waals surface area contributed by atoms with Crippen molar-refractivity contribution in [3.63, 3.8) is 0 Å². The van der Waals surface area contributed by atoms with Gasteiger partial charge >= 0.3 is 0 Å². The van der Waals surface area contributed by atoms with E-state index in [1.165, 1.54) is 6.21 Å². The molecule has 20 heavy (non-hydrogen) atoms. The zero-order valence-corrected chi connectivity index (χ0v) is 11.5. The SMILES string of the molecule is ON=Cc1cccc(OCCOc2ccc(Cl)cc2)c1. The Bertz CT molecular complexity index is 570. The highest BCUT2D eigenvalue weighted by Gasteiger charge is 1.97. The largest absolute Gasteiger partial charge is 0.490 e. The molecule has 2 aromatic carbocycles. The van der Waals surface area contributed by atoms with E-state index in [2.05, 4.69) is 5.16 Å². The van der Waals surface area contributed by atoms with E-state index in [9.17, 15) is 0 Å². The summed E-state index contributed by atoms with van der Waals surface area (Å²) in [6.45, 7) is 0.850. The number of nitrogens with zero attached hydrogens (tertiary/aromatic N) is 1. The first-order chi connectivity index (χ1) is 9.78. The maximum atomic E-state index is 8.47. The van der Waals surface area contributed by atoms with Crippen molar-refractivity contribution in [2.45, 2.75) is 0 Å². The fraction of sp³-hybridized carbons (Fsp3) is 0.133. The zero-order valence-electron chi connectivity index (χ0n) is 10.7. The van der Waals surface area contributed by atoms with Crippen molar-refractivity contribution in [2.75, 3.05) is 13.2 Å². The van der Waals surface area contributed by atoms with E-state index in [0.717, 1.165) is 11.3 Å². The normalized spacial score (nSPS) is 10.7. The van der Waals surface area contributed by atoms with E-state index in [1.54, 1.807) is 30.3 Å². The van der Waals surface area contributed by atoms with Crippen molar-refractivity contribution < 1.29 is 14.7 Å². The van der Waals surface area contributed by atoms with Gasteiger partial charge in [0, 0.05) is 5.02 Å². The van der Waals surface area contributed by atoms with Crippen LogP contribution in [0.2, 0.25) is 5.02 Å². The first-order valence-corrected chi connectivity index (χ1v) is 6.44. The molecule has 1 N–H and O–H groups in total. The Hall–Kier alpha value is -2.20. The van der Waals surface area contributed by atoms with Crippen molar-refractivity contribution in [2.24, 2.45) is 5.16 Å². The molecule has 0 unspecified atom stereocenters. The third-order valence-corrected chi connectivity index (χ3v) is 2.75. The van der Waals surface area contributed by atoms with Gasteiger partial charge in [0.25, 0.3) is 0 Å². The van der Waals surface area contributed by atoms with Crippen LogP contribution in [0.25, 0.3) is 0 Å². The summed E-state index contributed by atoms with van der Waals surface area (Å²) in [4.78, 5) is 0. The van der Waals surface area contributed by atoms with Crippen LogP contribution in [-0.2, 0) is 0 Å². The molecule has 2 rings (SSSR count). The zero-order chi connectivity index (χ0) is 14.2. The van der Waals surface area contributed by atoms with Gasteiger partial charge in [-0.3, -0.25) is 0 Å². The summed E-state index contributed by atoms with van der Waals surface area (Å²) in [6, 6.07) is 14.4. The van der Waals surface area contributed by atoms with Gasteiger partial charge < -0.3 is 14.7 Å². The molecule has 0 aliphatic carbocycles. The van der Waals surface area contributed by atoms with Crippen LogP contribution in [0.1, 0.15) is 5.56 Å². The molecule has 0 fully saturated rings. The van der Waals surface area contributed by atoms with E-state index >= 15 is 0 Å². The molecule has 0 atom stereocenters. The summed E-state index contributed by atoms with van der Waals surface area (Å²) in [7, 11) is 0. The second-order valence-corrected chi connectivity index (χ2v) is 4.40. The Balaban J connectivity index is 1.78. The van der Waals surface area contributed by atoms with Crippen LogP contribution >= 0.6 is 11.6 Å². The van der Waals surface area contributed by atoms with Crippen LogP contribution < -0.4 is 9.47 Å². The average molecular weight is 292 g/mol. The van der Waals surface area contributed by atoms with Gasteiger partial charge in [0.05, 0.1) is 6.21 Å². The molecule has 5 heteroatoms. The molecule has 0 radical (unpaired) electrons. The van der Waals surface area contributed by atoms with Gasteiger partial charge in [-0.15, -0.1) is 0 Å². The summed E-state index contributed by atoms with van der Waals surface area (Å²) in [5, 5.41) is 12.1. The number of hydrogen-bond donors (Lipinski definition) is 1. The van der Waals surface area contributed by atoms with Crippen molar-refractivity contribution in [1.29, 1.82) is 0 Å². The minimum atomic E-state index is 0.419. The molecule has 0 aromatic heterocycles. The Labute approximate surface area is 122 Å². The summed E-state index contributed by atoms with van der Waals surface area (Å²) >= 11 is 5.78. The van der Waals surface area contributed by atoms with E-state index in [4.69, 9.17) is 26.3 Å². The Kier molecular flexibility index (Phi) is 5.26. The smallest absolute Gasteiger partial charge is 0.122 e. The lowest BCUT2D eigenvalue weighted by Crippen LogP contribution is -2.09. The van der Waals surface area contributed by atoms with Crippen molar-refractivity contribution in [1.82, 2.24) is 0 Å². The lowest BCUT2D eigenvalue weighted by atomic mass is 10.2.